The van der Waals surface area contributed by atoms with Gasteiger partial charge in [-0.25, -0.2) is 4.18 Å². The Kier molecular flexibility index (Phi) is 5.05. The van der Waals surface area contributed by atoms with Crippen LogP contribution in [0.25, 0.3) is 0 Å². The number of hydrogen-bond acceptors (Lipinski definition) is 6. The highest BCUT2D eigenvalue weighted by Gasteiger charge is 2.35. The monoisotopic (exact) mass is 281 g/mol. The molecule has 1 rings (SSSR count). The molecule has 0 spiro atoms. The molecule has 0 aromatic carbocycles. The first-order valence-electron chi connectivity index (χ1n) is 5.39. The van der Waals surface area contributed by atoms with Crippen molar-refractivity contribution in [3.05, 3.63) is 0 Å². The number of likely N-dealkylation sites (tertiary alicyclic amines) is 1. The van der Waals surface area contributed by atoms with E-state index in [0.717, 1.165) is 0 Å². The lowest BCUT2D eigenvalue weighted by Crippen LogP contribution is -2.30. The molecule has 1 unspecified atom stereocenters. The smallest absolute Gasteiger partial charge is 0.397 e. The van der Waals surface area contributed by atoms with Crippen LogP contribution in [-0.4, -0.2) is 56.1 Å². The van der Waals surface area contributed by atoms with Gasteiger partial charge in [0.15, 0.2) is 0 Å². The third kappa shape index (κ3) is 4.59. The molecule has 1 aliphatic rings. The van der Waals surface area contributed by atoms with Crippen LogP contribution in [0, 0.1) is 5.92 Å². The average molecular weight is 281 g/mol. The van der Waals surface area contributed by atoms with E-state index in [9.17, 15) is 18.0 Å². The van der Waals surface area contributed by atoms with E-state index in [1.807, 2.05) is 0 Å². The molecule has 8 nitrogen and oxygen atoms in total. The summed E-state index contributed by atoms with van der Waals surface area (Å²) in [5.74, 6) is -1.24. The molecule has 0 radical (unpaired) electrons. The van der Waals surface area contributed by atoms with Crippen molar-refractivity contribution in [2.45, 2.75) is 13.3 Å². The zero-order valence-electron chi connectivity index (χ0n) is 9.87. The molecular weight excluding hydrogens is 266 g/mol. The van der Waals surface area contributed by atoms with Crippen molar-refractivity contribution in [1.29, 1.82) is 0 Å². The minimum Gasteiger partial charge on any atom is -0.466 e. The summed E-state index contributed by atoms with van der Waals surface area (Å²) in [6, 6.07) is 0. The third-order valence-corrected chi connectivity index (χ3v) is 2.89. The molecule has 0 aromatic rings. The molecule has 0 aliphatic carbocycles. The van der Waals surface area contributed by atoms with Gasteiger partial charge in [-0.1, -0.05) is 0 Å². The SMILES string of the molecule is CCOC(=O)C1CC(=O)N(CCOS(=O)(=O)O)C1. The largest absolute Gasteiger partial charge is 0.466 e. The summed E-state index contributed by atoms with van der Waals surface area (Å²) in [6.07, 6.45) is 0.0463. The van der Waals surface area contributed by atoms with Gasteiger partial charge in [0.2, 0.25) is 5.91 Å². The summed E-state index contributed by atoms with van der Waals surface area (Å²) >= 11 is 0. The Balaban J connectivity index is 2.40. The number of nitrogens with zero attached hydrogens (tertiary/aromatic N) is 1. The van der Waals surface area contributed by atoms with E-state index in [2.05, 4.69) is 4.18 Å². The average Bonchev–Trinajstić information content (AvgIpc) is 2.59. The fourth-order valence-corrected chi connectivity index (χ4v) is 1.94. The first-order chi connectivity index (χ1) is 8.33. The lowest BCUT2D eigenvalue weighted by Gasteiger charge is -2.15. The van der Waals surface area contributed by atoms with Crippen LogP contribution in [0.15, 0.2) is 0 Å². The normalized spacial score (nSPS) is 20.2. The van der Waals surface area contributed by atoms with Gasteiger partial charge in [-0.05, 0) is 6.92 Å². The van der Waals surface area contributed by atoms with E-state index in [1.165, 1.54) is 4.90 Å². The lowest BCUT2D eigenvalue weighted by molar-refractivity contribution is -0.147. The van der Waals surface area contributed by atoms with Crippen LogP contribution in [0.3, 0.4) is 0 Å². The zero-order valence-corrected chi connectivity index (χ0v) is 10.7. The van der Waals surface area contributed by atoms with Gasteiger partial charge < -0.3 is 9.64 Å². The Hall–Kier alpha value is -1.19. The number of hydrogen-bond donors (Lipinski definition) is 1. The second-order valence-corrected chi connectivity index (χ2v) is 4.83. The van der Waals surface area contributed by atoms with Crippen molar-refractivity contribution in [2.24, 2.45) is 5.92 Å². The molecule has 0 aromatic heterocycles. The summed E-state index contributed by atoms with van der Waals surface area (Å²) in [4.78, 5) is 24.2. The van der Waals surface area contributed by atoms with Gasteiger partial charge in [-0.15, -0.1) is 0 Å². The molecule has 0 bridgehead atoms. The van der Waals surface area contributed by atoms with Crippen molar-refractivity contribution < 1.29 is 31.5 Å². The molecule has 1 saturated heterocycles. The van der Waals surface area contributed by atoms with Crippen molar-refractivity contribution in [1.82, 2.24) is 4.90 Å². The van der Waals surface area contributed by atoms with Gasteiger partial charge in [-0.2, -0.15) is 8.42 Å². The van der Waals surface area contributed by atoms with Gasteiger partial charge in [-0.3, -0.25) is 14.1 Å². The highest BCUT2D eigenvalue weighted by molar-refractivity contribution is 7.80. The van der Waals surface area contributed by atoms with Crippen molar-refractivity contribution in [2.75, 3.05) is 26.3 Å². The number of ether oxygens (including phenoxy) is 1. The van der Waals surface area contributed by atoms with E-state index in [0.29, 0.717) is 0 Å². The van der Waals surface area contributed by atoms with Crippen LogP contribution < -0.4 is 0 Å². The maximum atomic E-state index is 11.5. The summed E-state index contributed by atoms with van der Waals surface area (Å²) in [7, 11) is -4.50. The molecular formula is C9H15NO7S. The van der Waals surface area contributed by atoms with Gasteiger partial charge >= 0.3 is 16.4 Å². The van der Waals surface area contributed by atoms with E-state index in [1.54, 1.807) is 6.92 Å². The predicted molar refractivity (Wildman–Crippen MR) is 58.8 cm³/mol. The lowest BCUT2D eigenvalue weighted by atomic mass is 10.1. The maximum Gasteiger partial charge on any atom is 0.397 e. The second-order valence-electron chi connectivity index (χ2n) is 3.74. The Morgan fingerprint density at radius 2 is 2.22 bits per heavy atom. The van der Waals surface area contributed by atoms with Crippen molar-refractivity contribution >= 4 is 22.3 Å². The number of carbonyl (C=O) groups excluding carboxylic acids is 2. The number of rotatable bonds is 6. The molecule has 1 aliphatic heterocycles. The van der Waals surface area contributed by atoms with Gasteiger partial charge in [0.05, 0.1) is 19.1 Å². The van der Waals surface area contributed by atoms with Crippen molar-refractivity contribution in [3.8, 4) is 0 Å². The Labute approximate surface area is 105 Å². The van der Waals surface area contributed by atoms with Crippen LogP contribution in [0.5, 0.6) is 0 Å². The van der Waals surface area contributed by atoms with Crippen LogP contribution in [0.4, 0.5) is 0 Å². The molecule has 0 saturated carbocycles. The van der Waals surface area contributed by atoms with Gasteiger partial charge in [0.25, 0.3) is 0 Å². The van der Waals surface area contributed by atoms with E-state index >= 15 is 0 Å². The molecule has 9 heteroatoms. The van der Waals surface area contributed by atoms with Crippen LogP contribution in [-0.2, 0) is 28.9 Å². The van der Waals surface area contributed by atoms with E-state index in [-0.39, 0.29) is 38.6 Å². The number of esters is 1. The summed E-state index contributed by atoms with van der Waals surface area (Å²) < 4.78 is 37.8. The molecule has 1 N–H and O–H groups in total. The highest BCUT2D eigenvalue weighted by atomic mass is 32.3. The minimum atomic E-state index is -4.50. The van der Waals surface area contributed by atoms with Crippen molar-refractivity contribution in [3.63, 3.8) is 0 Å². The van der Waals surface area contributed by atoms with E-state index in [4.69, 9.17) is 9.29 Å². The summed E-state index contributed by atoms with van der Waals surface area (Å²) in [6.45, 7) is 1.74. The number of amides is 1. The third-order valence-electron chi connectivity index (χ3n) is 2.43. The minimum absolute atomic E-state index is 0.00543. The molecule has 1 fully saturated rings. The maximum absolute atomic E-state index is 11.5. The zero-order chi connectivity index (χ0) is 13.8. The standard InChI is InChI=1S/C9H15NO7S/c1-2-16-9(12)7-5-8(11)10(6-7)3-4-17-18(13,14)15/h7H,2-6H2,1H3,(H,13,14,15). The fourth-order valence-electron chi connectivity index (χ4n) is 1.66. The fraction of sp³-hybridized carbons (Fsp3) is 0.778. The first kappa shape index (κ1) is 14.9. The number of carbonyl (C=O) groups is 2. The Morgan fingerprint density at radius 3 is 2.78 bits per heavy atom. The first-order valence-corrected chi connectivity index (χ1v) is 6.76. The summed E-state index contributed by atoms with van der Waals surface area (Å²) in [5.41, 5.74) is 0. The molecule has 1 heterocycles. The van der Waals surface area contributed by atoms with Gasteiger partial charge in [0, 0.05) is 19.5 Å². The quantitative estimate of drug-likeness (QED) is 0.502. The second kappa shape index (κ2) is 6.12. The topological polar surface area (TPSA) is 110 Å². The Morgan fingerprint density at radius 1 is 1.56 bits per heavy atom. The molecule has 104 valence electrons. The van der Waals surface area contributed by atoms with Gasteiger partial charge in [0.1, 0.15) is 0 Å². The van der Waals surface area contributed by atoms with Crippen LogP contribution >= 0.6 is 0 Å². The van der Waals surface area contributed by atoms with Crippen LogP contribution in [0.2, 0.25) is 0 Å². The Bertz CT molecular complexity index is 419. The molecule has 1 amide bonds. The van der Waals surface area contributed by atoms with Crippen LogP contribution in [0.1, 0.15) is 13.3 Å². The van der Waals surface area contributed by atoms with E-state index < -0.39 is 22.3 Å². The highest BCUT2D eigenvalue weighted by Crippen LogP contribution is 2.18. The summed E-state index contributed by atoms with van der Waals surface area (Å²) in [5, 5.41) is 0. The predicted octanol–water partition coefficient (Wildman–Crippen LogP) is -0.783. The molecule has 1 atom stereocenters. The molecule has 18 heavy (non-hydrogen) atoms.